The molecular formula is C15H13IN4O3S. The van der Waals surface area contributed by atoms with Crippen molar-refractivity contribution in [2.24, 2.45) is 0 Å². The number of nitrogens with one attached hydrogen (secondary N) is 2. The molecule has 24 heavy (non-hydrogen) atoms. The average molecular weight is 456 g/mol. The molecule has 0 atom stereocenters. The molecular weight excluding hydrogens is 443 g/mol. The molecule has 1 aromatic carbocycles. The lowest BCUT2D eigenvalue weighted by Gasteiger charge is -2.11. The summed E-state index contributed by atoms with van der Waals surface area (Å²) in [6, 6.07) is 7.93. The summed E-state index contributed by atoms with van der Waals surface area (Å²) in [5.74, 6) is -0.00934. The van der Waals surface area contributed by atoms with Crippen molar-refractivity contribution in [3.8, 4) is 0 Å². The zero-order valence-electron chi connectivity index (χ0n) is 12.8. The van der Waals surface area contributed by atoms with Gasteiger partial charge in [0.15, 0.2) is 5.11 Å². The lowest BCUT2D eigenvalue weighted by molar-refractivity contribution is -0.385. The third-order valence-corrected chi connectivity index (χ3v) is 4.58. The quantitative estimate of drug-likeness (QED) is 0.318. The normalized spacial score (nSPS) is 10.1. The van der Waals surface area contributed by atoms with Gasteiger partial charge in [-0.05, 0) is 66.9 Å². The Balaban J connectivity index is 2.12. The number of halogens is 1. The molecule has 0 aliphatic rings. The van der Waals surface area contributed by atoms with Crippen LogP contribution in [0.5, 0.6) is 0 Å². The summed E-state index contributed by atoms with van der Waals surface area (Å²) in [7, 11) is 0. The van der Waals surface area contributed by atoms with Gasteiger partial charge in [0, 0.05) is 20.8 Å². The third kappa shape index (κ3) is 4.23. The first kappa shape index (κ1) is 18.2. The summed E-state index contributed by atoms with van der Waals surface area (Å²) in [4.78, 5) is 27.0. The number of nitro benzene ring substituents is 1. The predicted octanol–water partition coefficient (Wildman–Crippen LogP) is 3.34. The molecule has 0 fully saturated rings. The largest absolute Gasteiger partial charge is 0.317 e. The van der Waals surface area contributed by atoms with Gasteiger partial charge in [-0.25, -0.2) is 4.98 Å². The minimum atomic E-state index is -0.527. The van der Waals surface area contributed by atoms with Gasteiger partial charge in [0.1, 0.15) is 5.82 Å². The molecule has 0 aliphatic heterocycles. The van der Waals surface area contributed by atoms with Crippen LogP contribution in [0.1, 0.15) is 21.6 Å². The van der Waals surface area contributed by atoms with Gasteiger partial charge < -0.3 is 5.32 Å². The number of thiocarbonyl (C=S) groups is 1. The third-order valence-electron chi connectivity index (χ3n) is 3.24. The van der Waals surface area contributed by atoms with E-state index in [1.165, 1.54) is 25.1 Å². The van der Waals surface area contributed by atoms with E-state index in [1.807, 2.05) is 13.0 Å². The van der Waals surface area contributed by atoms with Crippen LogP contribution in [0.3, 0.4) is 0 Å². The molecule has 2 rings (SSSR count). The number of aryl methyl sites for hydroxylation is 1. The van der Waals surface area contributed by atoms with Crippen LogP contribution in [0, 0.1) is 27.5 Å². The molecule has 0 aliphatic carbocycles. The number of anilines is 1. The van der Waals surface area contributed by atoms with Gasteiger partial charge in [-0.15, -0.1) is 0 Å². The Kier molecular flexibility index (Phi) is 5.78. The van der Waals surface area contributed by atoms with Gasteiger partial charge >= 0.3 is 0 Å². The number of pyridine rings is 1. The molecule has 0 saturated carbocycles. The Hall–Kier alpha value is -2.14. The first-order valence-corrected chi connectivity index (χ1v) is 8.27. The van der Waals surface area contributed by atoms with Crippen LogP contribution in [-0.2, 0) is 0 Å². The summed E-state index contributed by atoms with van der Waals surface area (Å²) in [6.07, 6.45) is 0. The second-order valence-electron chi connectivity index (χ2n) is 4.88. The Morgan fingerprint density at radius 2 is 2.00 bits per heavy atom. The van der Waals surface area contributed by atoms with Crippen molar-refractivity contribution in [1.82, 2.24) is 10.3 Å². The van der Waals surface area contributed by atoms with Gasteiger partial charge in [0.25, 0.3) is 11.6 Å². The smallest absolute Gasteiger partial charge is 0.273 e. The molecule has 7 nitrogen and oxygen atoms in total. The van der Waals surface area contributed by atoms with E-state index in [-0.39, 0.29) is 21.9 Å². The van der Waals surface area contributed by atoms with E-state index >= 15 is 0 Å². The van der Waals surface area contributed by atoms with Crippen molar-refractivity contribution in [1.29, 1.82) is 0 Å². The number of benzene rings is 1. The van der Waals surface area contributed by atoms with Crippen molar-refractivity contribution in [3.63, 3.8) is 0 Å². The summed E-state index contributed by atoms with van der Waals surface area (Å²) in [5.41, 5.74) is 1.20. The maximum atomic E-state index is 12.3. The van der Waals surface area contributed by atoms with E-state index in [4.69, 9.17) is 12.2 Å². The molecule has 2 aromatic rings. The first-order valence-electron chi connectivity index (χ1n) is 6.79. The number of carbonyl (C=O) groups is 1. The molecule has 2 N–H and O–H groups in total. The lowest BCUT2D eigenvalue weighted by atomic mass is 10.1. The zero-order chi connectivity index (χ0) is 17.9. The molecule has 1 heterocycles. The average Bonchev–Trinajstić information content (AvgIpc) is 2.50. The van der Waals surface area contributed by atoms with Gasteiger partial charge in [-0.1, -0.05) is 6.07 Å². The fourth-order valence-electron chi connectivity index (χ4n) is 2.00. The van der Waals surface area contributed by atoms with Crippen molar-refractivity contribution >= 4 is 57.3 Å². The van der Waals surface area contributed by atoms with Gasteiger partial charge in [-0.2, -0.15) is 0 Å². The van der Waals surface area contributed by atoms with Crippen molar-refractivity contribution in [3.05, 3.63) is 60.8 Å². The fourth-order valence-corrected chi connectivity index (χ4v) is 2.50. The number of aromatic nitrogens is 1. The number of carbonyl (C=O) groups excluding carboxylic acids is 1. The van der Waals surface area contributed by atoms with Crippen LogP contribution < -0.4 is 10.6 Å². The van der Waals surface area contributed by atoms with Crippen LogP contribution in [0.2, 0.25) is 0 Å². The molecule has 0 bridgehead atoms. The number of rotatable bonds is 3. The summed E-state index contributed by atoms with van der Waals surface area (Å²) in [6.45, 7) is 3.38. The predicted molar refractivity (Wildman–Crippen MR) is 103 cm³/mol. The maximum Gasteiger partial charge on any atom is 0.273 e. The number of nitro groups is 1. The Bertz CT molecular complexity index is 841. The number of hydrogen-bond donors (Lipinski definition) is 2. The van der Waals surface area contributed by atoms with Crippen molar-refractivity contribution in [2.45, 2.75) is 13.8 Å². The van der Waals surface area contributed by atoms with Crippen molar-refractivity contribution in [2.75, 3.05) is 5.32 Å². The molecule has 1 amide bonds. The second-order valence-corrected chi connectivity index (χ2v) is 6.45. The SMILES string of the molecule is Cc1nc(NC(=S)NC(=O)c2cccc([N+](=O)[O-])c2C)ccc1I. The monoisotopic (exact) mass is 456 g/mol. The van der Waals surface area contributed by atoms with Crippen LogP contribution in [0.25, 0.3) is 0 Å². The van der Waals surface area contributed by atoms with E-state index < -0.39 is 10.8 Å². The van der Waals surface area contributed by atoms with E-state index in [1.54, 1.807) is 6.07 Å². The highest BCUT2D eigenvalue weighted by Crippen LogP contribution is 2.21. The highest BCUT2D eigenvalue weighted by Gasteiger charge is 2.18. The van der Waals surface area contributed by atoms with Gasteiger partial charge in [-0.3, -0.25) is 20.2 Å². The first-order chi connectivity index (χ1) is 11.3. The Labute approximate surface area is 157 Å². The van der Waals surface area contributed by atoms with Crippen LogP contribution in [0.4, 0.5) is 11.5 Å². The van der Waals surface area contributed by atoms with Crippen LogP contribution in [-0.4, -0.2) is 20.9 Å². The van der Waals surface area contributed by atoms with E-state index in [9.17, 15) is 14.9 Å². The second kappa shape index (κ2) is 7.62. The van der Waals surface area contributed by atoms with Crippen LogP contribution >= 0.6 is 34.8 Å². The summed E-state index contributed by atoms with van der Waals surface area (Å²) < 4.78 is 1.01. The number of hydrogen-bond acceptors (Lipinski definition) is 5. The molecule has 0 radical (unpaired) electrons. The van der Waals surface area contributed by atoms with Crippen LogP contribution in [0.15, 0.2) is 30.3 Å². The van der Waals surface area contributed by atoms with Crippen molar-refractivity contribution < 1.29 is 9.72 Å². The standard InChI is InChI=1S/C15H13IN4O3S/c1-8-10(4-3-5-12(8)20(22)23)14(21)19-15(24)18-13-7-6-11(16)9(2)17-13/h3-7H,1-2H3,(H2,17,18,19,21,24). The molecule has 0 spiro atoms. The van der Waals surface area contributed by atoms with Gasteiger partial charge in [0.2, 0.25) is 0 Å². The maximum absolute atomic E-state index is 12.3. The molecule has 0 unspecified atom stereocenters. The molecule has 0 saturated heterocycles. The molecule has 9 heteroatoms. The minimum Gasteiger partial charge on any atom is -0.317 e. The Morgan fingerprint density at radius 1 is 1.29 bits per heavy atom. The highest BCUT2D eigenvalue weighted by atomic mass is 127. The fraction of sp³-hybridized carbons (Fsp3) is 0.133. The summed E-state index contributed by atoms with van der Waals surface area (Å²) >= 11 is 7.26. The number of nitrogens with zero attached hydrogens (tertiary/aromatic N) is 2. The zero-order valence-corrected chi connectivity index (χ0v) is 15.8. The Morgan fingerprint density at radius 3 is 2.62 bits per heavy atom. The number of amides is 1. The molecule has 1 aromatic heterocycles. The van der Waals surface area contributed by atoms with E-state index in [0.717, 1.165) is 9.26 Å². The van der Waals surface area contributed by atoms with Gasteiger partial charge in [0.05, 0.1) is 10.6 Å². The topological polar surface area (TPSA) is 97.2 Å². The van der Waals surface area contributed by atoms with E-state index in [2.05, 4.69) is 38.2 Å². The lowest BCUT2D eigenvalue weighted by Crippen LogP contribution is -2.34. The van der Waals surface area contributed by atoms with E-state index in [0.29, 0.717) is 5.82 Å². The minimum absolute atomic E-state index is 0.0685. The summed E-state index contributed by atoms with van der Waals surface area (Å²) in [5, 5.41) is 16.3. The molecule has 124 valence electrons. The highest BCUT2D eigenvalue weighted by molar-refractivity contribution is 14.1.